The molecule has 0 aliphatic heterocycles. The quantitative estimate of drug-likeness (QED) is 0.0320. The van der Waals surface area contributed by atoms with Crippen molar-refractivity contribution in [3.8, 4) is 0 Å². The lowest BCUT2D eigenvalue weighted by Crippen LogP contribution is -2.45. The van der Waals surface area contributed by atoms with Gasteiger partial charge in [0.05, 0.1) is 25.4 Å². The van der Waals surface area contributed by atoms with Crippen molar-refractivity contribution in [1.82, 2.24) is 5.32 Å². The highest BCUT2D eigenvalue weighted by Gasteiger charge is 2.20. The zero-order chi connectivity index (χ0) is 55.0. The fourth-order valence-electron chi connectivity index (χ4n) is 10.4. The molecule has 0 radical (unpaired) electrons. The number of unbranched alkanes of at least 4 members (excludes halogenated alkanes) is 44. The maximum atomic E-state index is 12.5. The molecule has 2 atom stereocenters. The molecule has 6 heteroatoms. The lowest BCUT2D eigenvalue weighted by Gasteiger charge is -2.22. The van der Waals surface area contributed by atoms with E-state index in [1.807, 2.05) is 0 Å². The van der Waals surface area contributed by atoms with Gasteiger partial charge in [-0.25, -0.2) is 0 Å². The van der Waals surface area contributed by atoms with Crippen molar-refractivity contribution in [2.45, 2.75) is 373 Å². The fourth-order valence-corrected chi connectivity index (χ4v) is 10.4. The minimum absolute atomic E-state index is 0.00332. The Kier molecular flexibility index (Phi) is 63.5. The minimum atomic E-state index is -0.667. The van der Waals surface area contributed by atoms with Crippen molar-refractivity contribution >= 4 is 11.9 Å². The number of nitrogens with one attached hydrogen (secondary N) is 1. The van der Waals surface area contributed by atoms with Crippen molar-refractivity contribution in [3.63, 3.8) is 0 Å². The number of rotatable bonds is 63. The van der Waals surface area contributed by atoms with Gasteiger partial charge < -0.3 is 20.3 Å². The van der Waals surface area contributed by atoms with Crippen LogP contribution in [0.3, 0.4) is 0 Å². The van der Waals surface area contributed by atoms with Crippen LogP contribution in [0.25, 0.3) is 0 Å². The molecule has 1 amide bonds. The Morgan fingerprint density at radius 1 is 0.368 bits per heavy atom. The van der Waals surface area contributed by atoms with Gasteiger partial charge in [0.1, 0.15) is 0 Å². The molecule has 76 heavy (non-hydrogen) atoms. The Bertz CT molecular complexity index is 1270. The lowest BCUT2D eigenvalue weighted by atomic mass is 10.0. The molecule has 0 aromatic rings. The summed E-state index contributed by atoms with van der Waals surface area (Å²) in [6, 6.07) is -0.544. The Hall–Kier alpha value is -2.18. The standard InChI is InChI=1S/C70H131NO5/c1-3-5-7-9-11-13-15-17-19-20-33-36-40-44-48-52-56-60-64-70(75)76-65-61-57-53-49-45-41-37-34-31-29-27-25-23-21-22-24-26-28-30-32-35-39-43-47-51-55-59-63-69(74)71-67(66-72)68(73)62-58-54-50-46-42-38-18-16-14-12-10-8-6-4-2/h13,15,19-22,25,27,67-68,72-73H,3-12,14,16-18,23-24,26,28-66H2,1-2H3,(H,71,74)/b15-13-,20-19-,22-21-,27-25-. The molecule has 0 bridgehead atoms. The van der Waals surface area contributed by atoms with Gasteiger partial charge in [-0.2, -0.15) is 0 Å². The third-order valence-corrected chi connectivity index (χ3v) is 15.6. The van der Waals surface area contributed by atoms with E-state index in [0.717, 1.165) is 57.8 Å². The van der Waals surface area contributed by atoms with Gasteiger partial charge in [-0.1, -0.05) is 306 Å². The van der Waals surface area contributed by atoms with E-state index in [2.05, 4.69) is 67.8 Å². The van der Waals surface area contributed by atoms with E-state index in [0.29, 0.717) is 25.9 Å². The molecule has 0 aromatic heterocycles. The number of hydrogen-bond donors (Lipinski definition) is 3. The highest BCUT2D eigenvalue weighted by molar-refractivity contribution is 5.76. The van der Waals surface area contributed by atoms with Crippen LogP contribution in [0, 0.1) is 0 Å². The van der Waals surface area contributed by atoms with Crippen LogP contribution in [0.4, 0.5) is 0 Å². The summed E-state index contributed by atoms with van der Waals surface area (Å²) in [5, 5.41) is 23.3. The second-order valence-electron chi connectivity index (χ2n) is 23.1. The molecule has 3 N–H and O–H groups in total. The van der Waals surface area contributed by atoms with Gasteiger partial charge >= 0.3 is 5.97 Å². The van der Waals surface area contributed by atoms with Crippen LogP contribution in [0.1, 0.15) is 361 Å². The number of hydrogen-bond acceptors (Lipinski definition) is 5. The number of aliphatic hydroxyl groups excluding tert-OH is 2. The molecule has 0 aliphatic rings. The van der Waals surface area contributed by atoms with Crippen LogP contribution in [0.5, 0.6) is 0 Å². The van der Waals surface area contributed by atoms with Crippen LogP contribution >= 0.6 is 0 Å². The molecule has 0 saturated heterocycles. The molecular formula is C70H131NO5. The molecule has 0 rings (SSSR count). The molecule has 6 nitrogen and oxygen atoms in total. The first kappa shape index (κ1) is 73.8. The van der Waals surface area contributed by atoms with Crippen LogP contribution in [0.15, 0.2) is 48.6 Å². The number of aliphatic hydroxyl groups is 2. The molecular weight excluding hydrogens is 935 g/mol. The summed E-state index contributed by atoms with van der Waals surface area (Å²) >= 11 is 0. The summed E-state index contributed by atoms with van der Waals surface area (Å²) in [5.74, 6) is -0.0337. The zero-order valence-corrected chi connectivity index (χ0v) is 51.0. The van der Waals surface area contributed by atoms with Gasteiger partial charge in [0.2, 0.25) is 5.91 Å². The van der Waals surface area contributed by atoms with E-state index in [1.165, 1.54) is 270 Å². The minimum Gasteiger partial charge on any atom is -0.466 e. The normalized spacial score (nSPS) is 12.8. The van der Waals surface area contributed by atoms with Crippen LogP contribution in [0.2, 0.25) is 0 Å². The topological polar surface area (TPSA) is 95.9 Å². The third-order valence-electron chi connectivity index (χ3n) is 15.6. The van der Waals surface area contributed by atoms with Gasteiger partial charge in [-0.3, -0.25) is 9.59 Å². The SMILES string of the molecule is CCCCCC/C=C\C/C=C\CCCCCCCCCC(=O)OCCCCCCCCCCC/C=C\C/C=C\CCCCCCCCCCCCCC(=O)NC(CO)C(O)CCCCCCCCCCCCCCCC. The molecule has 0 spiro atoms. The average Bonchev–Trinajstić information content (AvgIpc) is 3.42. The van der Waals surface area contributed by atoms with Crippen molar-refractivity contribution in [2.24, 2.45) is 0 Å². The summed E-state index contributed by atoms with van der Waals surface area (Å²) < 4.78 is 5.49. The van der Waals surface area contributed by atoms with Crippen molar-refractivity contribution in [3.05, 3.63) is 48.6 Å². The Morgan fingerprint density at radius 2 is 0.658 bits per heavy atom. The maximum Gasteiger partial charge on any atom is 0.305 e. The number of allylic oxidation sites excluding steroid dienone is 8. The lowest BCUT2D eigenvalue weighted by molar-refractivity contribution is -0.143. The van der Waals surface area contributed by atoms with E-state index in [-0.39, 0.29) is 18.5 Å². The third kappa shape index (κ3) is 61.0. The molecule has 446 valence electrons. The predicted molar refractivity (Wildman–Crippen MR) is 333 cm³/mol. The van der Waals surface area contributed by atoms with Crippen LogP contribution in [-0.2, 0) is 14.3 Å². The maximum absolute atomic E-state index is 12.5. The second kappa shape index (κ2) is 65.3. The fraction of sp³-hybridized carbons (Fsp3) is 0.857. The first-order valence-electron chi connectivity index (χ1n) is 33.9. The van der Waals surface area contributed by atoms with E-state index in [4.69, 9.17) is 4.74 Å². The van der Waals surface area contributed by atoms with Crippen molar-refractivity contribution in [2.75, 3.05) is 13.2 Å². The summed E-state index contributed by atoms with van der Waals surface area (Å²) in [4.78, 5) is 24.6. The molecule has 0 saturated carbocycles. The first-order chi connectivity index (χ1) is 37.5. The summed E-state index contributed by atoms with van der Waals surface area (Å²) in [6.45, 7) is 4.94. The van der Waals surface area contributed by atoms with E-state index >= 15 is 0 Å². The largest absolute Gasteiger partial charge is 0.466 e. The number of carbonyl (C=O) groups excluding carboxylic acids is 2. The Labute approximate surface area is 474 Å². The highest BCUT2D eigenvalue weighted by atomic mass is 16.5. The predicted octanol–water partition coefficient (Wildman–Crippen LogP) is 21.7. The van der Waals surface area contributed by atoms with E-state index in [1.54, 1.807) is 0 Å². The molecule has 0 fully saturated rings. The monoisotopic (exact) mass is 1070 g/mol. The van der Waals surface area contributed by atoms with Gasteiger partial charge in [0.15, 0.2) is 0 Å². The van der Waals surface area contributed by atoms with Gasteiger partial charge in [0.25, 0.3) is 0 Å². The number of esters is 1. The second-order valence-corrected chi connectivity index (χ2v) is 23.1. The summed E-state index contributed by atoms with van der Waals surface area (Å²) in [5.41, 5.74) is 0. The Morgan fingerprint density at radius 3 is 1.01 bits per heavy atom. The van der Waals surface area contributed by atoms with Crippen molar-refractivity contribution in [1.29, 1.82) is 0 Å². The highest BCUT2D eigenvalue weighted by Crippen LogP contribution is 2.18. The number of ether oxygens (including phenoxy) is 1. The smallest absolute Gasteiger partial charge is 0.305 e. The van der Waals surface area contributed by atoms with Crippen LogP contribution < -0.4 is 5.32 Å². The number of amides is 1. The van der Waals surface area contributed by atoms with Gasteiger partial charge in [-0.05, 0) is 89.9 Å². The summed E-state index contributed by atoms with van der Waals surface area (Å²) in [6.07, 6.45) is 84.3. The molecule has 0 aromatic carbocycles. The Balaban J connectivity index is 3.41. The van der Waals surface area contributed by atoms with Gasteiger partial charge in [0, 0.05) is 12.8 Å². The summed E-state index contributed by atoms with van der Waals surface area (Å²) in [7, 11) is 0. The first-order valence-corrected chi connectivity index (χ1v) is 33.9. The molecule has 0 heterocycles. The number of carbonyl (C=O) groups is 2. The van der Waals surface area contributed by atoms with E-state index in [9.17, 15) is 19.8 Å². The van der Waals surface area contributed by atoms with Crippen LogP contribution in [-0.4, -0.2) is 47.4 Å². The zero-order valence-electron chi connectivity index (χ0n) is 51.0. The van der Waals surface area contributed by atoms with E-state index < -0.39 is 12.1 Å². The van der Waals surface area contributed by atoms with Gasteiger partial charge in [-0.15, -0.1) is 0 Å². The average molecular weight is 1070 g/mol. The van der Waals surface area contributed by atoms with Crippen molar-refractivity contribution < 1.29 is 24.5 Å². The molecule has 2 unspecified atom stereocenters. The molecule has 0 aliphatic carbocycles.